The first-order chi connectivity index (χ1) is 10.6. The van der Waals surface area contributed by atoms with Crippen molar-refractivity contribution in [3.63, 3.8) is 0 Å². The molecule has 1 fully saturated rings. The molecule has 1 saturated heterocycles. The standard InChI is InChI=1S/C15H19NO5S/c17-14(11-6-8-21-10-11)16-13(15(18)19)7-9-22(20)12-4-2-1-3-5-12/h1-5,11,13H,6-10H2,(H,16,17)(H,18,19)/t11-,13+,22-/m0/s1. The number of carbonyl (C=O) groups is 2. The first-order valence-corrected chi connectivity index (χ1v) is 8.44. The Bertz CT molecular complexity index is 542. The summed E-state index contributed by atoms with van der Waals surface area (Å²) in [5, 5.41) is 11.7. The number of hydrogen-bond acceptors (Lipinski definition) is 4. The van der Waals surface area contributed by atoms with Crippen molar-refractivity contribution in [1.29, 1.82) is 0 Å². The van der Waals surface area contributed by atoms with Gasteiger partial charge >= 0.3 is 5.97 Å². The summed E-state index contributed by atoms with van der Waals surface area (Å²) in [4.78, 5) is 23.9. The number of carbonyl (C=O) groups excluding carboxylic acids is 1. The maximum absolute atomic E-state index is 12.1. The Kier molecular flexibility index (Phi) is 6.09. The van der Waals surface area contributed by atoms with E-state index in [-0.39, 0.29) is 24.0 Å². The van der Waals surface area contributed by atoms with Crippen molar-refractivity contribution in [3.05, 3.63) is 30.3 Å². The third-order valence-corrected chi connectivity index (χ3v) is 4.92. The molecule has 2 N–H and O–H groups in total. The minimum absolute atomic E-state index is 0.121. The quantitative estimate of drug-likeness (QED) is 0.773. The average Bonchev–Trinajstić information content (AvgIpc) is 3.06. The second-order valence-electron chi connectivity index (χ2n) is 5.11. The minimum Gasteiger partial charge on any atom is -0.480 e. The molecule has 7 heteroatoms. The van der Waals surface area contributed by atoms with Crippen molar-refractivity contribution >= 4 is 22.7 Å². The minimum atomic E-state index is -1.28. The summed E-state index contributed by atoms with van der Waals surface area (Å²) >= 11 is 0. The Balaban J connectivity index is 1.87. The molecule has 6 nitrogen and oxygen atoms in total. The van der Waals surface area contributed by atoms with Crippen LogP contribution in [0.1, 0.15) is 12.8 Å². The molecule has 3 atom stereocenters. The Morgan fingerprint density at radius 1 is 1.36 bits per heavy atom. The van der Waals surface area contributed by atoms with Crippen LogP contribution in [0.4, 0.5) is 0 Å². The van der Waals surface area contributed by atoms with Gasteiger partial charge in [-0.3, -0.25) is 9.00 Å². The molecule has 1 aliphatic heterocycles. The molecule has 0 saturated carbocycles. The predicted octanol–water partition coefficient (Wildman–Crippen LogP) is 0.790. The Hall–Kier alpha value is -1.73. The van der Waals surface area contributed by atoms with E-state index in [0.717, 1.165) is 0 Å². The number of carboxylic acids is 1. The van der Waals surface area contributed by atoms with Crippen LogP contribution in [0.3, 0.4) is 0 Å². The summed E-state index contributed by atoms with van der Waals surface area (Å²) in [6.07, 6.45) is 0.726. The smallest absolute Gasteiger partial charge is 0.326 e. The summed E-state index contributed by atoms with van der Waals surface area (Å²) in [6, 6.07) is 7.83. The highest BCUT2D eigenvalue weighted by molar-refractivity contribution is 7.85. The Labute approximate surface area is 131 Å². The van der Waals surface area contributed by atoms with Crippen LogP contribution >= 0.6 is 0 Å². The first kappa shape index (κ1) is 16.6. The number of hydrogen-bond donors (Lipinski definition) is 2. The van der Waals surface area contributed by atoms with Gasteiger partial charge in [0.05, 0.1) is 23.3 Å². The number of aliphatic carboxylic acids is 1. The highest BCUT2D eigenvalue weighted by Gasteiger charge is 2.28. The fraction of sp³-hybridized carbons (Fsp3) is 0.467. The van der Waals surface area contributed by atoms with Crippen LogP contribution in [-0.2, 0) is 25.1 Å². The molecular weight excluding hydrogens is 306 g/mol. The lowest BCUT2D eigenvalue weighted by Crippen LogP contribution is -2.44. The van der Waals surface area contributed by atoms with Crippen LogP contribution in [-0.4, -0.2) is 46.2 Å². The van der Waals surface area contributed by atoms with Gasteiger partial charge in [-0.2, -0.15) is 0 Å². The number of nitrogens with one attached hydrogen (secondary N) is 1. The molecule has 2 rings (SSSR count). The molecule has 1 heterocycles. The van der Waals surface area contributed by atoms with E-state index in [9.17, 15) is 18.9 Å². The van der Waals surface area contributed by atoms with E-state index in [1.807, 2.05) is 6.07 Å². The van der Waals surface area contributed by atoms with Gasteiger partial charge in [-0.15, -0.1) is 0 Å². The molecular formula is C15H19NO5S. The monoisotopic (exact) mass is 325 g/mol. The number of amides is 1. The maximum atomic E-state index is 12.1. The SMILES string of the molecule is O=C(N[C@H](CC[S@](=O)c1ccccc1)C(=O)O)[C@H]1CCOC1. The van der Waals surface area contributed by atoms with Crippen molar-refractivity contribution in [3.8, 4) is 0 Å². The maximum Gasteiger partial charge on any atom is 0.326 e. The fourth-order valence-corrected chi connectivity index (χ4v) is 3.35. The van der Waals surface area contributed by atoms with Crippen molar-refractivity contribution in [2.75, 3.05) is 19.0 Å². The van der Waals surface area contributed by atoms with Gasteiger partial charge in [0.15, 0.2) is 0 Å². The molecule has 1 aromatic carbocycles. The highest BCUT2D eigenvalue weighted by Crippen LogP contribution is 2.13. The molecule has 22 heavy (non-hydrogen) atoms. The largest absolute Gasteiger partial charge is 0.480 e. The van der Waals surface area contributed by atoms with Gasteiger partial charge in [0.2, 0.25) is 5.91 Å². The molecule has 1 amide bonds. The van der Waals surface area contributed by atoms with Gasteiger partial charge in [-0.05, 0) is 25.0 Å². The predicted molar refractivity (Wildman–Crippen MR) is 80.8 cm³/mol. The van der Waals surface area contributed by atoms with Crippen LogP contribution < -0.4 is 5.32 Å². The lowest BCUT2D eigenvalue weighted by atomic mass is 10.1. The van der Waals surface area contributed by atoms with Crippen LogP contribution in [0, 0.1) is 5.92 Å². The zero-order valence-electron chi connectivity index (χ0n) is 12.1. The van der Waals surface area contributed by atoms with Crippen molar-refractivity contribution < 1.29 is 23.6 Å². The van der Waals surface area contributed by atoms with Crippen LogP contribution in [0.2, 0.25) is 0 Å². The lowest BCUT2D eigenvalue weighted by molar-refractivity contribution is -0.142. The summed E-state index contributed by atoms with van der Waals surface area (Å²) in [6.45, 7) is 0.849. The van der Waals surface area contributed by atoms with E-state index in [0.29, 0.717) is 24.5 Å². The van der Waals surface area contributed by atoms with Crippen molar-refractivity contribution in [2.45, 2.75) is 23.8 Å². The third-order valence-electron chi connectivity index (χ3n) is 3.51. The Morgan fingerprint density at radius 2 is 2.09 bits per heavy atom. The van der Waals surface area contributed by atoms with Crippen molar-refractivity contribution in [1.82, 2.24) is 5.32 Å². The zero-order chi connectivity index (χ0) is 15.9. The zero-order valence-corrected chi connectivity index (χ0v) is 12.9. The number of benzene rings is 1. The molecule has 1 aliphatic rings. The van der Waals surface area contributed by atoms with E-state index in [1.54, 1.807) is 24.3 Å². The second kappa shape index (κ2) is 8.05. The number of carboxylic acid groups (broad SMARTS) is 1. The van der Waals surface area contributed by atoms with Gasteiger partial charge in [-0.1, -0.05) is 18.2 Å². The number of ether oxygens (including phenoxy) is 1. The van der Waals surface area contributed by atoms with Crippen molar-refractivity contribution in [2.24, 2.45) is 5.92 Å². The first-order valence-electron chi connectivity index (χ1n) is 7.12. The molecule has 0 bridgehead atoms. The molecule has 0 radical (unpaired) electrons. The topological polar surface area (TPSA) is 92.7 Å². The normalized spacial score (nSPS) is 20.3. The van der Waals surface area contributed by atoms with E-state index >= 15 is 0 Å². The molecule has 0 spiro atoms. The number of rotatable bonds is 7. The molecule has 0 aromatic heterocycles. The van der Waals surface area contributed by atoms with Gasteiger partial charge in [0.25, 0.3) is 0 Å². The van der Waals surface area contributed by atoms with Crippen LogP contribution in [0.5, 0.6) is 0 Å². The van der Waals surface area contributed by atoms with Crippen LogP contribution in [0.25, 0.3) is 0 Å². The summed E-state index contributed by atoms with van der Waals surface area (Å²) in [5.41, 5.74) is 0. The molecule has 120 valence electrons. The summed E-state index contributed by atoms with van der Waals surface area (Å²) in [5.74, 6) is -1.53. The van der Waals surface area contributed by atoms with E-state index in [1.165, 1.54) is 0 Å². The van der Waals surface area contributed by atoms with E-state index in [2.05, 4.69) is 5.32 Å². The van der Waals surface area contributed by atoms with Gasteiger partial charge in [0.1, 0.15) is 6.04 Å². The average molecular weight is 325 g/mol. The molecule has 0 aliphatic carbocycles. The third kappa shape index (κ3) is 4.64. The molecule has 1 aromatic rings. The van der Waals surface area contributed by atoms with Crippen LogP contribution in [0.15, 0.2) is 35.2 Å². The highest BCUT2D eigenvalue weighted by atomic mass is 32.2. The second-order valence-corrected chi connectivity index (χ2v) is 6.68. The summed E-state index contributed by atoms with van der Waals surface area (Å²) in [7, 11) is -1.28. The Morgan fingerprint density at radius 3 is 2.68 bits per heavy atom. The fourth-order valence-electron chi connectivity index (χ4n) is 2.20. The lowest BCUT2D eigenvalue weighted by Gasteiger charge is -2.16. The van der Waals surface area contributed by atoms with Gasteiger partial charge in [-0.25, -0.2) is 4.79 Å². The van der Waals surface area contributed by atoms with E-state index < -0.39 is 22.8 Å². The van der Waals surface area contributed by atoms with E-state index in [4.69, 9.17) is 4.74 Å². The molecule has 0 unspecified atom stereocenters. The van der Waals surface area contributed by atoms with Gasteiger partial charge < -0.3 is 15.2 Å². The summed E-state index contributed by atoms with van der Waals surface area (Å²) < 4.78 is 17.2. The van der Waals surface area contributed by atoms with Gasteiger partial charge in [0, 0.05) is 17.3 Å².